The molecule has 1 aliphatic rings. The molecule has 0 spiro atoms. The fraction of sp³-hybridized carbons (Fsp3) is 0.500. The first kappa shape index (κ1) is 19.7. The Bertz CT molecular complexity index is 745. The molecule has 6 atom stereocenters. The molecule has 1 unspecified atom stereocenters. The monoisotopic (exact) mass is 380 g/mol. The largest absolute Gasteiger partial charge is 0.480 e. The molecule has 0 amide bonds. The molecule has 9 heteroatoms. The van der Waals surface area contributed by atoms with E-state index < -0.39 is 49.1 Å². The Labute approximate surface area is 155 Å². The van der Waals surface area contributed by atoms with Crippen LogP contribution < -0.4 is 5.32 Å². The molecule has 2 aromatic rings. The molecule has 27 heavy (non-hydrogen) atoms. The number of aliphatic hydroxyl groups excluding tert-OH is 4. The van der Waals surface area contributed by atoms with Crippen molar-refractivity contribution < 1.29 is 35.1 Å². The number of aliphatic hydroxyl groups is 4. The van der Waals surface area contributed by atoms with Crippen LogP contribution in [-0.4, -0.2) is 80.2 Å². The van der Waals surface area contributed by atoms with Gasteiger partial charge in [-0.3, -0.25) is 10.1 Å². The number of para-hydroxylation sites is 1. The first-order chi connectivity index (χ1) is 12.9. The molecular weight excluding hydrogens is 356 g/mol. The summed E-state index contributed by atoms with van der Waals surface area (Å²) in [6.07, 6.45) is -5.81. The van der Waals surface area contributed by atoms with Crippen LogP contribution in [0.2, 0.25) is 0 Å². The molecule has 7 N–H and O–H groups in total. The Morgan fingerprint density at radius 2 is 1.85 bits per heavy atom. The first-order valence-electron chi connectivity index (χ1n) is 8.76. The summed E-state index contributed by atoms with van der Waals surface area (Å²) >= 11 is 0. The standard InChI is InChI=1S/C18H24N2O7/c21-8-13-16(23)17(24)15(22)12(27-13)5-6-19-14(18(25)26)11-7-9-3-1-2-4-10(9)20-11/h1-4,7,12-17,19-24H,5-6,8H2,(H,25,26)/t12-,13+,14?,15+,16+,17+/m0/s1. The lowest BCUT2D eigenvalue weighted by Gasteiger charge is -2.40. The van der Waals surface area contributed by atoms with Gasteiger partial charge in [-0.1, -0.05) is 18.2 Å². The molecule has 0 aliphatic carbocycles. The minimum Gasteiger partial charge on any atom is -0.480 e. The molecular formula is C18H24N2O7. The summed E-state index contributed by atoms with van der Waals surface area (Å²) in [5, 5.41) is 52.2. The summed E-state index contributed by atoms with van der Waals surface area (Å²) in [6.45, 7) is -0.323. The average Bonchev–Trinajstić information content (AvgIpc) is 3.08. The van der Waals surface area contributed by atoms with Crippen LogP contribution in [-0.2, 0) is 9.53 Å². The van der Waals surface area contributed by atoms with Gasteiger partial charge in [0.1, 0.15) is 30.5 Å². The number of aromatic amines is 1. The van der Waals surface area contributed by atoms with Crippen LogP contribution in [0.15, 0.2) is 30.3 Å². The Kier molecular flexibility index (Phi) is 6.10. The van der Waals surface area contributed by atoms with Crippen LogP contribution in [0.3, 0.4) is 0 Å². The van der Waals surface area contributed by atoms with E-state index in [2.05, 4.69) is 10.3 Å². The third-order valence-corrected chi connectivity index (χ3v) is 4.88. The number of nitrogens with one attached hydrogen (secondary N) is 2. The van der Waals surface area contributed by atoms with Crippen molar-refractivity contribution in [1.82, 2.24) is 10.3 Å². The summed E-state index contributed by atoms with van der Waals surface area (Å²) in [6, 6.07) is 8.22. The molecule has 1 aromatic heterocycles. The number of hydrogen-bond donors (Lipinski definition) is 7. The first-order valence-corrected chi connectivity index (χ1v) is 8.76. The van der Waals surface area contributed by atoms with E-state index in [9.17, 15) is 30.3 Å². The van der Waals surface area contributed by atoms with Gasteiger partial charge in [-0.15, -0.1) is 0 Å². The number of rotatable bonds is 7. The molecule has 1 fully saturated rings. The second kappa shape index (κ2) is 8.34. The summed E-state index contributed by atoms with van der Waals surface area (Å²) < 4.78 is 5.42. The molecule has 2 heterocycles. The van der Waals surface area contributed by atoms with Crippen LogP contribution in [0.5, 0.6) is 0 Å². The van der Waals surface area contributed by atoms with Crippen molar-refractivity contribution >= 4 is 16.9 Å². The van der Waals surface area contributed by atoms with Gasteiger partial charge in [0.15, 0.2) is 0 Å². The smallest absolute Gasteiger partial charge is 0.326 e. The van der Waals surface area contributed by atoms with Gasteiger partial charge in [-0.2, -0.15) is 0 Å². The van der Waals surface area contributed by atoms with Crippen molar-refractivity contribution in [1.29, 1.82) is 0 Å². The molecule has 1 aromatic carbocycles. The van der Waals surface area contributed by atoms with Crippen molar-refractivity contribution in [3.05, 3.63) is 36.0 Å². The summed E-state index contributed by atoms with van der Waals surface area (Å²) in [5.41, 5.74) is 1.33. The van der Waals surface area contributed by atoms with Gasteiger partial charge in [0.2, 0.25) is 0 Å². The number of H-pyrrole nitrogens is 1. The van der Waals surface area contributed by atoms with Gasteiger partial charge < -0.3 is 35.3 Å². The molecule has 148 valence electrons. The van der Waals surface area contributed by atoms with E-state index in [0.29, 0.717) is 5.69 Å². The minimum absolute atomic E-state index is 0.176. The second-order valence-electron chi connectivity index (χ2n) is 6.69. The SMILES string of the molecule is O=C(O)C(NCC[C@@H]1O[C@H](CO)[C@@H](O)[C@H](O)[C@@H]1O)c1cc2ccccc2[nH]1. The molecule has 1 aliphatic heterocycles. The van der Waals surface area contributed by atoms with Crippen molar-refractivity contribution in [3.8, 4) is 0 Å². The van der Waals surface area contributed by atoms with E-state index in [-0.39, 0.29) is 13.0 Å². The number of hydrogen-bond acceptors (Lipinski definition) is 7. The number of benzene rings is 1. The van der Waals surface area contributed by atoms with Crippen LogP contribution in [0.4, 0.5) is 0 Å². The fourth-order valence-electron chi connectivity index (χ4n) is 3.37. The molecule has 0 bridgehead atoms. The van der Waals surface area contributed by atoms with Crippen molar-refractivity contribution in [3.63, 3.8) is 0 Å². The maximum atomic E-state index is 11.6. The highest BCUT2D eigenvalue weighted by atomic mass is 16.5. The quantitative estimate of drug-likeness (QED) is 0.326. The zero-order valence-corrected chi connectivity index (χ0v) is 14.5. The van der Waals surface area contributed by atoms with Crippen molar-refractivity contribution in [2.24, 2.45) is 0 Å². The van der Waals surface area contributed by atoms with Crippen LogP contribution in [0, 0.1) is 0 Å². The number of aromatic nitrogens is 1. The van der Waals surface area contributed by atoms with E-state index in [0.717, 1.165) is 10.9 Å². The topological polar surface area (TPSA) is 155 Å². The van der Waals surface area contributed by atoms with Gasteiger partial charge in [-0.25, -0.2) is 0 Å². The third-order valence-electron chi connectivity index (χ3n) is 4.88. The maximum Gasteiger partial charge on any atom is 0.326 e. The molecule has 1 saturated heterocycles. The molecule has 0 radical (unpaired) electrons. The highest BCUT2D eigenvalue weighted by molar-refractivity contribution is 5.83. The second-order valence-corrected chi connectivity index (χ2v) is 6.69. The van der Waals surface area contributed by atoms with Gasteiger partial charge in [-0.05, 0) is 30.5 Å². The Hall–Kier alpha value is -2.01. The predicted octanol–water partition coefficient (Wildman–Crippen LogP) is -0.884. The lowest BCUT2D eigenvalue weighted by molar-refractivity contribution is -0.230. The zero-order valence-electron chi connectivity index (χ0n) is 14.5. The predicted molar refractivity (Wildman–Crippen MR) is 95.1 cm³/mol. The number of aliphatic carboxylic acids is 1. The number of fused-ring (bicyclic) bond motifs is 1. The van der Waals surface area contributed by atoms with E-state index in [1.165, 1.54) is 0 Å². The van der Waals surface area contributed by atoms with Crippen molar-refractivity contribution in [2.45, 2.75) is 43.0 Å². The summed E-state index contributed by atoms with van der Waals surface area (Å²) in [4.78, 5) is 14.7. The van der Waals surface area contributed by atoms with Crippen LogP contribution in [0.1, 0.15) is 18.2 Å². The van der Waals surface area contributed by atoms with E-state index in [1.807, 2.05) is 24.3 Å². The molecule has 9 nitrogen and oxygen atoms in total. The van der Waals surface area contributed by atoms with Gasteiger partial charge in [0.05, 0.1) is 12.7 Å². The maximum absolute atomic E-state index is 11.6. The minimum atomic E-state index is -1.44. The third kappa shape index (κ3) is 4.13. The van der Waals surface area contributed by atoms with Gasteiger partial charge >= 0.3 is 5.97 Å². The highest BCUT2D eigenvalue weighted by Gasteiger charge is 2.43. The molecule has 3 rings (SSSR count). The van der Waals surface area contributed by atoms with E-state index in [4.69, 9.17) is 4.74 Å². The number of carboxylic acid groups (broad SMARTS) is 1. The number of ether oxygens (including phenoxy) is 1. The van der Waals surface area contributed by atoms with Gasteiger partial charge in [0.25, 0.3) is 0 Å². The fourth-order valence-corrected chi connectivity index (χ4v) is 3.37. The Morgan fingerprint density at radius 3 is 2.52 bits per heavy atom. The lowest BCUT2D eigenvalue weighted by Crippen LogP contribution is -2.58. The van der Waals surface area contributed by atoms with Crippen LogP contribution in [0.25, 0.3) is 10.9 Å². The van der Waals surface area contributed by atoms with E-state index >= 15 is 0 Å². The highest BCUT2D eigenvalue weighted by Crippen LogP contribution is 2.24. The summed E-state index contributed by atoms with van der Waals surface area (Å²) in [7, 11) is 0. The lowest BCUT2D eigenvalue weighted by atomic mass is 9.93. The number of carboxylic acids is 1. The van der Waals surface area contributed by atoms with E-state index in [1.54, 1.807) is 6.07 Å². The zero-order chi connectivity index (χ0) is 19.6. The Morgan fingerprint density at radius 1 is 1.15 bits per heavy atom. The van der Waals surface area contributed by atoms with Crippen LogP contribution >= 0.6 is 0 Å². The molecule has 0 saturated carbocycles. The number of carbonyl (C=O) groups is 1. The average molecular weight is 380 g/mol. The summed E-state index contributed by atoms with van der Waals surface area (Å²) in [5.74, 6) is -1.06. The Balaban J connectivity index is 1.64. The van der Waals surface area contributed by atoms with Gasteiger partial charge in [0, 0.05) is 11.2 Å². The normalized spacial score (nSPS) is 29.7. The van der Waals surface area contributed by atoms with Crippen molar-refractivity contribution in [2.75, 3.05) is 13.2 Å².